The van der Waals surface area contributed by atoms with Gasteiger partial charge < -0.3 is 19.9 Å². The fourth-order valence-corrected chi connectivity index (χ4v) is 4.88. The molecule has 1 aliphatic rings. The number of aryl methyl sites for hydroxylation is 1. The van der Waals surface area contributed by atoms with Crippen LogP contribution in [0.15, 0.2) is 4.34 Å². The first-order valence-electron chi connectivity index (χ1n) is 8.63. The first-order valence-corrected chi connectivity index (χ1v) is 11.2. The lowest BCUT2D eigenvalue weighted by molar-refractivity contribution is -0.118. The number of hydrogen-bond acceptors (Lipinski definition) is 11. The van der Waals surface area contributed by atoms with Gasteiger partial charge in [-0.1, -0.05) is 27.6 Å². The lowest BCUT2D eigenvalue weighted by atomic mass is 10.3. The molecule has 1 N–H and O–H groups in total. The number of thioether (sulfide) groups is 1. The number of methoxy groups -OCH3 is 1. The van der Waals surface area contributed by atoms with Crippen LogP contribution in [0.4, 0.5) is 5.13 Å². The number of carbonyl (C=O) groups is 2. The lowest BCUT2D eigenvalue weighted by Crippen LogP contribution is -2.48. The second-order valence-electron chi connectivity index (χ2n) is 5.95. The predicted octanol–water partition coefficient (Wildman–Crippen LogP) is 0.515. The van der Waals surface area contributed by atoms with Gasteiger partial charge in [0.1, 0.15) is 4.88 Å². The van der Waals surface area contributed by atoms with E-state index in [2.05, 4.69) is 30.0 Å². The molecule has 0 aromatic carbocycles. The monoisotopic (exact) mass is 443 g/mol. The van der Waals surface area contributed by atoms with Crippen molar-refractivity contribution in [1.82, 2.24) is 30.0 Å². The van der Waals surface area contributed by atoms with Gasteiger partial charge in [-0.25, -0.2) is 0 Å². The zero-order valence-electron chi connectivity index (χ0n) is 15.6. The minimum absolute atomic E-state index is 0.0138. The smallest absolute Gasteiger partial charge is 0.267 e. The Morgan fingerprint density at radius 3 is 2.68 bits per heavy atom. The average Bonchev–Trinajstić information content (AvgIpc) is 3.35. The molecule has 3 rings (SSSR count). The molecular formula is C15H21N7O3S3. The molecule has 28 heavy (non-hydrogen) atoms. The van der Waals surface area contributed by atoms with Gasteiger partial charge in [0.2, 0.25) is 11.0 Å². The number of aromatic nitrogens is 4. The van der Waals surface area contributed by atoms with Crippen molar-refractivity contribution < 1.29 is 14.3 Å². The van der Waals surface area contributed by atoms with E-state index in [0.29, 0.717) is 55.7 Å². The van der Waals surface area contributed by atoms with Gasteiger partial charge in [-0.3, -0.25) is 9.59 Å². The van der Waals surface area contributed by atoms with Crippen LogP contribution in [0.25, 0.3) is 0 Å². The standard InChI is InChI=1S/C15H21N7O3S3/c1-10-12(28-20-17-10)13(24)21-4-6-22(7-5-21)14-18-19-15(27-14)26-9-11(23)16-3-8-25-2/h3-9H2,1-2H3,(H,16,23). The lowest BCUT2D eigenvalue weighted by Gasteiger charge is -2.34. The molecule has 2 aromatic heterocycles. The maximum Gasteiger partial charge on any atom is 0.267 e. The molecule has 0 unspecified atom stereocenters. The summed E-state index contributed by atoms with van der Waals surface area (Å²) in [4.78, 5) is 28.8. The van der Waals surface area contributed by atoms with Gasteiger partial charge >= 0.3 is 0 Å². The molecule has 10 nitrogen and oxygen atoms in total. The molecule has 2 amide bonds. The number of carbonyl (C=O) groups excluding carboxylic acids is 2. The molecule has 0 atom stereocenters. The number of nitrogens with one attached hydrogen (secondary N) is 1. The van der Waals surface area contributed by atoms with Crippen LogP contribution in [0.5, 0.6) is 0 Å². The van der Waals surface area contributed by atoms with E-state index in [1.165, 1.54) is 23.1 Å². The van der Waals surface area contributed by atoms with Gasteiger partial charge in [0.25, 0.3) is 5.91 Å². The summed E-state index contributed by atoms with van der Waals surface area (Å²) in [5.74, 6) is 0.224. The first-order chi connectivity index (χ1) is 13.6. The van der Waals surface area contributed by atoms with E-state index in [9.17, 15) is 9.59 Å². The second-order valence-corrected chi connectivity index (χ2v) is 8.88. The van der Waals surface area contributed by atoms with E-state index in [0.717, 1.165) is 21.0 Å². The largest absolute Gasteiger partial charge is 0.383 e. The molecule has 2 aromatic rings. The van der Waals surface area contributed by atoms with E-state index < -0.39 is 0 Å². The van der Waals surface area contributed by atoms with Crippen LogP contribution in [-0.2, 0) is 9.53 Å². The van der Waals surface area contributed by atoms with Crippen molar-refractivity contribution in [2.45, 2.75) is 11.3 Å². The van der Waals surface area contributed by atoms with Gasteiger partial charge in [-0.15, -0.1) is 15.3 Å². The highest BCUT2D eigenvalue weighted by Crippen LogP contribution is 2.28. The number of amides is 2. The predicted molar refractivity (Wildman–Crippen MR) is 108 cm³/mol. The number of rotatable bonds is 8. The van der Waals surface area contributed by atoms with Crippen LogP contribution in [-0.4, -0.2) is 88.7 Å². The fraction of sp³-hybridized carbons (Fsp3) is 0.600. The van der Waals surface area contributed by atoms with Gasteiger partial charge in [0.05, 0.1) is 18.1 Å². The van der Waals surface area contributed by atoms with E-state index in [1.54, 1.807) is 14.0 Å². The Hall–Kier alpha value is -1.83. The summed E-state index contributed by atoms with van der Waals surface area (Å²) in [5.41, 5.74) is 0.675. The van der Waals surface area contributed by atoms with Crippen LogP contribution in [0.3, 0.4) is 0 Å². The molecule has 0 radical (unpaired) electrons. The molecule has 0 aliphatic carbocycles. The van der Waals surface area contributed by atoms with E-state index in [-0.39, 0.29) is 11.8 Å². The molecular weight excluding hydrogens is 422 g/mol. The molecule has 0 saturated carbocycles. The first kappa shape index (κ1) is 20.9. The van der Waals surface area contributed by atoms with Crippen molar-refractivity contribution in [3.63, 3.8) is 0 Å². The van der Waals surface area contributed by atoms with Gasteiger partial charge in [0, 0.05) is 39.8 Å². The van der Waals surface area contributed by atoms with Crippen LogP contribution in [0.1, 0.15) is 15.4 Å². The Morgan fingerprint density at radius 1 is 1.21 bits per heavy atom. The summed E-state index contributed by atoms with van der Waals surface area (Å²) in [5, 5.41) is 15.9. The molecule has 1 aliphatic heterocycles. The van der Waals surface area contributed by atoms with Crippen molar-refractivity contribution in [2.75, 3.05) is 57.1 Å². The number of ether oxygens (including phenoxy) is 1. The van der Waals surface area contributed by atoms with Gasteiger partial charge in [0.15, 0.2) is 4.34 Å². The van der Waals surface area contributed by atoms with Gasteiger partial charge in [-0.05, 0) is 18.5 Å². The van der Waals surface area contributed by atoms with Gasteiger partial charge in [-0.2, -0.15) is 0 Å². The molecule has 3 heterocycles. The van der Waals surface area contributed by atoms with Crippen LogP contribution in [0.2, 0.25) is 0 Å². The maximum absolute atomic E-state index is 12.5. The minimum Gasteiger partial charge on any atom is -0.383 e. The minimum atomic E-state index is -0.0567. The SMILES string of the molecule is COCCNC(=O)CSc1nnc(N2CCN(C(=O)c3snnc3C)CC2)s1. The highest BCUT2D eigenvalue weighted by atomic mass is 32.2. The Balaban J connectivity index is 1.46. The number of nitrogens with zero attached hydrogens (tertiary/aromatic N) is 6. The molecule has 1 fully saturated rings. The van der Waals surface area contributed by atoms with E-state index in [4.69, 9.17) is 4.74 Å². The second kappa shape index (κ2) is 10.1. The highest BCUT2D eigenvalue weighted by Gasteiger charge is 2.26. The van der Waals surface area contributed by atoms with Crippen molar-refractivity contribution in [2.24, 2.45) is 0 Å². The fourth-order valence-electron chi connectivity index (χ4n) is 2.53. The Labute approximate surface area is 174 Å². The molecule has 13 heteroatoms. The van der Waals surface area contributed by atoms with E-state index in [1.807, 2.05) is 4.90 Å². The van der Waals surface area contributed by atoms with Crippen molar-refractivity contribution >= 4 is 51.6 Å². The van der Waals surface area contributed by atoms with Crippen LogP contribution in [0, 0.1) is 6.92 Å². The van der Waals surface area contributed by atoms with E-state index >= 15 is 0 Å². The average molecular weight is 444 g/mol. The Morgan fingerprint density at radius 2 is 2.00 bits per heavy atom. The molecule has 152 valence electrons. The summed E-state index contributed by atoms with van der Waals surface area (Å²) in [6.07, 6.45) is 0. The van der Waals surface area contributed by atoms with Crippen molar-refractivity contribution in [3.8, 4) is 0 Å². The molecule has 1 saturated heterocycles. The maximum atomic E-state index is 12.5. The van der Waals surface area contributed by atoms with Crippen LogP contribution >= 0.6 is 34.6 Å². The Kier molecular flexibility index (Phi) is 7.53. The number of anilines is 1. The molecule has 0 spiro atoms. The van der Waals surface area contributed by atoms with Crippen molar-refractivity contribution in [3.05, 3.63) is 10.6 Å². The number of piperazine rings is 1. The third-order valence-corrected chi connectivity index (χ3v) is 6.97. The third-order valence-electron chi connectivity index (χ3n) is 4.03. The summed E-state index contributed by atoms with van der Waals surface area (Å²) in [6.45, 7) is 5.39. The third kappa shape index (κ3) is 5.37. The van der Waals surface area contributed by atoms with Crippen molar-refractivity contribution in [1.29, 1.82) is 0 Å². The zero-order chi connectivity index (χ0) is 19.9. The highest BCUT2D eigenvalue weighted by molar-refractivity contribution is 8.01. The zero-order valence-corrected chi connectivity index (χ0v) is 18.0. The Bertz CT molecular complexity index is 804. The summed E-state index contributed by atoms with van der Waals surface area (Å²) < 4.78 is 9.48. The molecule has 0 bridgehead atoms. The summed E-state index contributed by atoms with van der Waals surface area (Å²) in [7, 11) is 1.59. The quantitative estimate of drug-likeness (QED) is 0.460. The summed E-state index contributed by atoms with van der Waals surface area (Å²) in [6, 6.07) is 0. The summed E-state index contributed by atoms with van der Waals surface area (Å²) >= 11 is 3.96. The normalized spacial score (nSPS) is 14.4. The topological polar surface area (TPSA) is 113 Å². The van der Waals surface area contributed by atoms with Crippen LogP contribution < -0.4 is 10.2 Å². The number of hydrogen-bond donors (Lipinski definition) is 1.